The number of benzene rings is 2. The van der Waals surface area contributed by atoms with Gasteiger partial charge in [0.05, 0.1) is 23.2 Å². The van der Waals surface area contributed by atoms with E-state index in [-0.39, 0.29) is 5.91 Å². The van der Waals surface area contributed by atoms with Crippen molar-refractivity contribution >= 4 is 40.7 Å². The van der Waals surface area contributed by atoms with Gasteiger partial charge in [-0.25, -0.2) is 4.98 Å². The normalized spacial score (nSPS) is 10.9. The molecule has 0 N–H and O–H groups in total. The first-order valence-electron chi connectivity index (χ1n) is 8.95. The fraction of sp³-hybridized carbons (Fsp3) is 0.238. The molecule has 0 saturated carbocycles. The van der Waals surface area contributed by atoms with E-state index in [0.29, 0.717) is 46.9 Å². The minimum Gasteiger partial charge on any atom is -0.383 e. The van der Waals surface area contributed by atoms with Gasteiger partial charge in [-0.2, -0.15) is 0 Å². The molecule has 0 fully saturated rings. The predicted octanol–water partition coefficient (Wildman–Crippen LogP) is 5.18. The quantitative estimate of drug-likeness (QED) is 0.473. The highest BCUT2D eigenvalue weighted by Crippen LogP contribution is 2.23. The maximum atomic E-state index is 13.0. The van der Waals surface area contributed by atoms with Crippen molar-refractivity contribution in [3.05, 3.63) is 86.9 Å². The number of carbonyl (C=O) groups is 1. The van der Waals surface area contributed by atoms with E-state index >= 15 is 0 Å². The molecule has 1 aromatic heterocycles. The van der Waals surface area contributed by atoms with Crippen LogP contribution in [-0.2, 0) is 17.8 Å². The molecule has 0 aliphatic heterocycles. The van der Waals surface area contributed by atoms with Crippen molar-refractivity contribution in [2.45, 2.75) is 13.1 Å². The highest BCUT2D eigenvalue weighted by atomic mass is 35.5. The Hall–Kier alpha value is -2.05. The molecule has 0 aliphatic carbocycles. The highest BCUT2D eigenvalue weighted by molar-refractivity contribution is 6.42. The van der Waals surface area contributed by atoms with Crippen LogP contribution in [0.1, 0.15) is 21.7 Å². The van der Waals surface area contributed by atoms with Crippen LogP contribution in [0.3, 0.4) is 0 Å². The van der Waals surface area contributed by atoms with Crippen LogP contribution in [0.25, 0.3) is 0 Å². The molecule has 3 aromatic rings. The molecule has 3 rings (SSSR count). The Morgan fingerprint density at radius 1 is 1.10 bits per heavy atom. The molecule has 1 heterocycles. The molecular weight excluding hydrogens is 433 g/mol. The van der Waals surface area contributed by atoms with Crippen LogP contribution in [0.15, 0.2) is 54.9 Å². The molecular formula is C21H20Cl3N3O2. The van der Waals surface area contributed by atoms with Crippen molar-refractivity contribution in [3.63, 3.8) is 0 Å². The van der Waals surface area contributed by atoms with Gasteiger partial charge >= 0.3 is 0 Å². The summed E-state index contributed by atoms with van der Waals surface area (Å²) in [7, 11) is 1.61. The minimum absolute atomic E-state index is 0.109. The molecule has 0 unspecified atom stereocenters. The number of ether oxygens (including phenoxy) is 1. The molecule has 0 atom stereocenters. The summed E-state index contributed by atoms with van der Waals surface area (Å²) in [4.78, 5) is 19.1. The third kappa shape index (κ3) is 5.73. The van der Waals surface area contributed by atoms with Gasteiger partial charge in [-0.1, -0.05) is 40.9 Å². The smallest absolute Gasteiger partial charge is 0.254 e. The number of hydrogen-bond donors (Lipinski definition) is 0. The van der Waals surface area contributed by atoms with Crippen molar-refractivity contribution < 1.29 is 9.53 Å². The van der Waals surface area contributed by atoms with Gasteiger partial charge in [0.2, 0.25) is 0 Å². The number of imidazole rings is 1. The van der Waals surface area contributed by atoms with Gasteiger partial charge in [0, 0.05) is 43.2 Å². The predicted molar refractivity (Wildman–Crippen MR) is 116 cm³/mol. The number of methoxy groups -OCH3 is 1. The Kier molecular flexibility index (Phi) is 7.56. The SMILES string of the molecule is COCCN(Cc1nccn1Cc1ccc(Cl)c(Cl)c1)C(=O)c1ccc(Cl)cc1. The van der Waals surface area contributed by atoms with Crippen molar-refractivity contribution in [1.82, 2.24) is 14.5 Å². The molecule has 0 bridgehead atoms. The Balaban J connectivity index is 1.79. The summed E-state index contributed by atoms with van der Waals surface area (Å²) >= 11 is 18.1. The Bertz CT molecular complexity index is 974. The maximum absolute atomic E-state index is 13.0. The zero-order valence-electron chi connectivity index (χ0n) is 15.8. The van der Waals surface area contributed by atoms with E-state index in [1.165, 1.54) is 0 Å². The summed E-state index contributed by atoms with van der Waals surface area (Å²) in [5, 5.41) is 1.60. The molecule has 2 aromatic carbocycles. The molecule has 5 nitrogen and oxygen atoms in total. The van der Waals surface area contributed by atoms with Gasteiger partial charge in [-0.15, -0.1) is 0 Å². The topological polar surface area (TPSA) is 47.4 Å². The summed E-state index contributed by atoms with van der Waals surface area (Å²) < 4.78 is 7.16. The van der Waals surface area contributed by atoms with E-state index in [0.717, 1.165) is 11.4 Å². The fourth-order valence-electron chi connectivity index (χ4n) is 2.87. The highest BCUT2D eigenvalue weighted by Gasteiger charge is 2.18. The van der Waals surface area contributed by atoms with E-state index in [2.05, 4.69) is 4.98 Å². The number of halogens is 3. The minimum atomic E-state index is -0.109. The zero-order valence-corrected chi connectivity index (χ0v) is 18.1. The van der Waals surface area contributed by atoms with E-state index in [1.807, 2.05) is 22.9 Å². The molecule has 0 spiro atoms. The van der Waals surface area contributed by atoms with Crippen LogP contribution in [0.5, 0.6) is 0 Å². The number of amides is 1. The van der Waals surface area contributed by atoms with E-state index < -0.39 is 0 Å². The molecule has 1 amide bonds. The molecule has 0 radical (unpaired) electrons. The third-order valence-corrected chi connectivity index (χ3v) is 5.41. The van der Waals surface area contributed by atoms with E-state index in [9.17, 15) is 4.79 Å². The number of aromatic nitrogens is 2. The largest absolute Gasteiger partial charge is 0.383 e. The lowest BCUT2D eigenvalue weighted by molar-refractivity contribution is 0.0673. The van der Waals surface area contributed by atoms with Gasteiger partial charge in [0.15, 0.2) is 0 Å². The second kappa shape index (κ2) is 10.1. The summed E-state index contributed by atoms with van der Waals surface area (Å²) in [6.07, 6.45) is 3.59. The van der Waals surface area contributed by atoms with Crippen LogP contribution >= 0.6 is 34.8 Å². The number of carbonyl (C=O) groups excluding carboxylic acids is 1. The first-order valence-corrected chi connectivity index (χ1v) is 10.1. The van der Waals surface area contributed by atoms with Crippen molar-refractivity contribution in [2.75, 3.05) is 20.3 Å². The van der Waals surface area contributed by atoms with Crippen LogP contribution in [0.4, 0.5) is 0 Å². The molecule has 0 saturated heterocycles. The molecule has 29 heavy (non-hydrogen) atoms. The van der Waals surface area contributed by atoms with Gasteiger partial charge in [-0.05, 0) is 42.0 Å². The molecule has 152 valence electrons. The monoisotopic (exact) mass is 451 g/mol. The standard InChI is InChI=1S/C21H20Cl3N3O2/c1-29-11-10-27(21(28)16-3-5-17(22)6-4-16)14-20-25-8-9-26(20)13-15-2-7-18(23)19(24)12-15/h2-9,12H,10-11,13-14H2,1H3. The van der Waals surface area contributed by atoms with Crippen molar-refractivity contribution in [3.8, 4) is 0 Å². The lowest BCUT2D eigenvalue weighted by Gasteiger charge is -2.23. The van der Waals surface area contributed by atoms with E-state index in [1.54, 1.807) is 48.5 Å². The van der Waals surface area contributed by atoms with Crippen LogP contribution in [-0.4, -0.2) is 40.6 Å². The average Bonchev–Trinajstić information content (AvgIpc) is 3.14. The lowest BCUT2D eigenvalue weighted by Crippen LogP contribution is -2.34. The summed E-state index contributed by atoms with van der Waals surface area (Å²) in [5.41, 5.74) is 1.55. The zero-order chi connectivity index (χ0) is 20.8. The number of hydrogen-bond acceptors (Lipinski definition) is 3. The van der Waals surface area contributed by atoms with Gasteiger partial charge in [0.1, 0.15) is 5.82 Å². The van der Waals surface area contributed by atoms with Crippen LogP contribution < -0.4 is 0 Å². The van der Waals surface area contributed by atoms with Crippen LogP contribution in [0.2, 0.25) is 15.1 Å². The summed E-state index contributed by atoms with van der Waals surface area (Å²) in [6.45, 7) is 1.78. The Morgan fingerprint density at radius 2 is 1.86 bits per heavy atom. The Morgan fingerprint density at radius 3 is 2.55 bits per heavy atom. The fourth-order valence-corrected chi connectivity index (χ4v) is 3.32. The van der Waals surface area contributed by atoms with Gasteiger partial charge in [-0.3, -0.25) is 4.79 Å². The lowest BCUT2D eigenvalue weighted by atomic mass is 10.2. The van der Waals surface area contributed by atoms with E-state index in [4.69, 9.17) is 39.5 Å². The first-order chi connectivity index (χ1) is 14.0. The second-order valence-corrected chi connectivity index (χ2v) is 7.70. The maximum Gasteiger partial charge on any atom is 0.254 e. The first kappa shape index (κ1) is 21.7. The van der Waals surface area contributed by atoms with Crippen molar-refractivity contribution in [1.29, 1.82) is 0 Å². The second-order valence-electron chi connectivity index (χ2n) is 6.45. The van der Waals surface area contributed by atoms with Gasteiger partial charge in [0.25, 0.3) is 5.91 Å². The summed E-state index contributed by atoms with van der Waals surface area (Å²) in [6, 6.07) is 12.3. The Labute approximate surface area is 184 Å². The average molecular weight is 453 g/mol. The molecule has 8 heteroatoms. The number of nitrogens with zero attached hydrogens (tertiary/aromatic N) is 3. The van der Waals surface area contributed by atoms with Crippen LogP contribution in [0, 0.1) is 0 Å². The summed E-state index contributed by atoms with van der Waals surface area (Å²) in [5.74, 6) is 0.650. The molecule has 0 aliphatic rings. The van der Waals surface area contributed by atoms with Gasteiger partial charge < -0.3 is 14.2 Å². The third-order valence-electron chi connectivity index (χ3n) is 4.41. The number of rotatable bonds is 8. The van der Waals surface area contributed by atoms with Crippen molar-refractivity contribution in [2.24, 2.45) is 0 Å².